The molecule has 0 unspecified atom stereocenters. The Kier molecular flexibility index (Phi) is 5.27. The molecule has 0 aliphatic carbocycles. The van der Waals surface area contributed by atoms with Gasteiger partial charge in [-0.15, -0.1) is 0 Å². The van der Waals surface area contributed by atoms with Gasteiger partial charge in [0.2, 0.25) is 0 Å². The second kappa shape index (κ2) is 7.44. The van der Waals surface area contributed by atoms with E-state index in [0.717, 1.165) is 43.6 Å². The van der Waals surface area contributed by atoms with Crippen LogP contribution >= 0.6 is 0 Å². The molecule has 2 aromatic rings. The summed E-state index contributed by atoms with van der Waals surface area (Å²) in [4.78, 5) is 2.29. The van der Waals surface area contributed by atoms with Gasteiger partial charge in [-0.3, -0.25) is 4.72 Å². The van der Waals surface area contributed by atoms with Crippen LogP contribution in [0.15, 0.2) is 47.4 Å². The second-order valence-corrected chi connectivity index (χ2v) is 7.99. The fraction of sp³-hybridized carbons (Fsp3) is 0.368. The monoisotopic (exact) mass is 362 g/mol. The average molecular weight is 362 g/mol. The van der Waals surface area contributed by atoms with E-state index < -0.39 is 15.8 Å². The molecule has 0 radical (unpaired) electrons. The Bertz CT molecular complexity index is 829. The van der Waals surface area contributed by atoms with Gasteiger partial charge >= 0.3 is 0 Å². The largest absolute Gasteiger partial charge is 0.370 e. The number of piperidine rings is 1. The first-order chi connectivity index (χ1) is 12.0. The molecule has 1 fully saturated rings. The maximum Gasteiger partial charge on any atom is 0.261 e. The third-order valence-electron chi connectivity index (χ3n) is 4.54. The van der Waals surface area contributed by atoms with Crippen LogP contribution in [0.5, 0.6) is 0 Å². The summed E-state index contributed by atoms with van der Waals surface area (Å²) in [5, 5.41) is 0. The van der Waals surface area contributed by atoms with Gasteiger partial charge in [0.25, 0.3) is 10.0 Å². The molecule has 0 spiro atoms. The van der Waals surface area contributed by atoms with E-state index >= 15 is 0 Å². The fourth-order valence-electron chi connectivity index (χ4n) is 3.11. The molecule has 2 aromatic carbocycles. The fourth-order valence-corrected chi connectivity index (χ4v) is 4.17. The van der Waals surface area contributed by atoms with Crippen molar-refractivity contribution in [2.75, 3.05) is 22.7 Å². The molecule has 1 N–H and O–H groups in total. The van der Waals surface area contributed by atoms with E-state index in [0.29, 0.717) is 5.69 Å². The molecule has 6 heteroatoms. The molecule has 0 amide bonds. The van der Waals surface area contributed by atoms with Gasteiger partial charge in [0.05, 0.1) is 16.3 Å². The highest BCUT2D eigenvalue weighted by Crippen LogP contribution is 2.31. The third-order valence-corrected chi connectivity index (χ3v) is 5.92. The van der Waals surface area contributed by atoms with Crippen molar-refractivity contribution in [1.82, 2.24) is 0 Å². The highest BCUT2D eigenvalue weighted by molar-refractivity contribution is 7.92. The van der Waals surface area contributed by atoms with Crippen molar-refractivity contribution in [3.8, 4) is 0 Å². The van der Waals surface area contributed by atoms with Crippen molar-refractivity contribution in [2.24, 2.45) is 0 Å². The average Bonchev–Trinajstić information content (AvgIpc) is 2.62. The molecule has 0 saturated carbocycles. The van der Waals surface area contributed by atoms with Crippen molar-refractivity contribution in [1.29, 1.82) is 0 Å². The first-order valence-corrected chi connectivity index (χ1v) is 10.1. The van der Waals surface area contributed by atoms with Crippen molar-refractivity contribution in [3.63, 3.8) is 0 Å². The number of sulfonamides is 1. The summed E-state index contributed by atoms with van der Waals surface area (Å²) < 4.78 is 41.7. The number of rotatable bonds is 5. The van der Waals surface area contributed by atoms with Gasteiger partial charge < -0.3 is 4.90 Å². The maximum absolute atomic E-state index is 13.7. The van der Waals surface area contributed by atoms with Crippen LogP contribution in [0.3, 0.4) is 0 Å². The van der Waals surface area contributed by atoms with Crippen molar-refractivity contribution < 1.29 is 12.8 Å². The summed E-state index contributed by atoms with van der Waals surface area (Å²) >= 11 is 0. The minimum absolute atomic E-state index is 0.179. The van der Waals surface area contributed by atoms with E-state index in [9.17, 15) is 12.8 Å². The molecule has 1 saturated heterocycles. The minimum atomic E-state index is -3.76. The van der Waals surface area contributed by atoms with E-state index in [4.69, 9.17) is 0 Å². The van der Waals surface area contributed by atoms with Crippen molar-refractivity contribution >= 4 is 21.4 Å². The molecule has 134 valence electrons. The number of benzene rings is 2. The summed E-state index contributed by atoms with van der Waals surface area (Å²) in [5.74, 6) is -0.459. The van der Waals surface area contributed by atoms with Crippen molar-refractivity contribution in [3.05, 3.63) is 53.8 Å². The van der Waals surface area contributed by atoms with Crippen LogP contribution in [0, 0.1) is 5.82 Å². The molecule has 0 atom stereocenters. The molecule has 0 bridgehead atoms. The second-order valence-electron chi connectivity index (χ2n) is 6.31. The Morgan fingerprint density at radius 2 is 1.72 bits per heavy atom. The van der Waals surface area contributed by atoms with E-state index in [-0.39, 0.29) is 4.90 Å². The Labute approximate surface area is 148 Å². The topological polar surface area (TPSA) is 49.4 Å². The molecule has 1 heterocycles. The highest BCUT2D eigenvalue weighted by atomic mass is 32.2. The van der Waals surface area contributed by atoms with Gasteiger partial charge in [-0.25, -0.2) is 12.8 Å². The van der Waals surface area contributed by atoms with E-state index in [1.807, 2.05) is 6.92 Å². The van der Waals surface area contributed by atoms with Crippen LogP contribution in [0.1, 0.15) is 31.7 Å². The SMILES string of the molecule is CCc1ccc(S(=O)(=O)Nc2cc(F)ccc2N2CCCCC2)cc1. The zero-order chi connectivity index (χ0) is 17.9. The molecular formula is C19H23FN2O2S. The van der Waals surface area contributed by atoms with Gasteiger partial charge in [0.15, 0.2) is 0 Å². The number of aryl methyl sites for hydroxylation is 1. The molecule has 1 aliphatic rings. The quantitative estimate of drug-likeness (QED) is 0.868. The summed E-state index contributed by atoms with van der Waals surface area (Å²) in [6.07, 6.45) is 4.13. The van der Waals surface area contributed by atoms with Gasteiger partial charge in [-0.2, -0.15) is 0 Å². The number of nitrogens with one attached hydrogen (secondary N) is 1. The maximum atomic E-state index is 13.7. The molecule has 4 nitrogen and oxygen atoms in total. The zero-order valence-electron chi connectivity index (χ0n) is 14.3. The Balaban J connectivity index is 1.91. The normalized spacial score (nSPS) is 15.2. The summed E-state index contributed by atoms with van der Waals surface area (Å²) in [5.41, 5.74) is 2.09. The lowest BCUT2D eigenvalue weighted by Gasteiger charge is -2.30. The highest BCUT2D eigenvalue weighted by Gasteiger charge is 2.20. The zero-order valence-corrected chi connectivity index (χ0v) is 15.2. The Hall–Kier alpha value is -2.08. The van der Waals surface area contributed by atoms with Crippen molar-refractivity contribution in [2.45, 2.75) is 37.5 Å². The standard InChI is InChI=1S/C19H23FN2O2S/c1-2-15-6-9-17(10-7-15)25(23,24)21-18-14-16(20)8-11-19(18)22-12-4-3-5-13-22/h6-11,14,21H,2-5,12-13H2,1H3. The Morgan fingerprint density at radius 1 is 1.04 bits per heavy atom. The third kappa shape index (κ3) is 4.12. The number of nitrogens with zero attached hydrogens (tertiary/aromatic N) is 1. The molecule has 25 heavy (non-hydrogen) atoms. The van der Waals surface area contributed by atoms with E-state index in [1.165, 1.54) is 18.6 Å². The first kappa shape index (κ1) is 17.7. The lowest BCUT2D eigenvalue weighted by molar-refractivity contribution is 0.577. The minimum Gasteiger partial charge on any atom is -0.370 e. The van der Waals surface area contributed by atoms with E-state index in [2.05, 4.69) is 9.62 Å². The van der Waals surface area contributed by atoms with Crippen LogP contribution in [0.25, 0.3) is 0 Å². The van der Waals surface area contributed by atoms with Crippen LogP contribution in [-0.2, 0) is 16.4 Å². The number of hydrogen-bond donors (Lipinski definition) is 1. The lowest BCUT2D eigenvalue weighted by Crippen LogP contribution is -2.30. The number of halogens is 1. The molecular weight excluding hydrogens is 339 g/mol. The summed E-state index contributed by atoms with van der Waals surface area (Å²) in [7, 11) is -3.76. The van der Waals surface area contributed by atoms with Gasteiger partial charge in [-0.1, -0.05) is 19.1 Å². The van der Waals surface area contributed by atoms with Gasteiger partial charge in [-0.05, 0) is 55.5 Å². The number of hydrogen-bond acceptors (Lipinski definition) is 3. The molecule has 0 aromatic heterocycles. The smallest absolute Gasteiger partial charge is 0.261 e. The van der Waals surface area contributed by atoms with Gasteiger partial charge in [0.1, 0.15) is 5.82 Å². The van der Waals surface area contributed by atoms with Crippen LogP contribution < -0.4 is 9.62 Å². The lowest BCUT2D eigenvalue weighted by atomic mass is 10.1. The summed E-state index contributed by atoms with van der Waals surface area (Å²) in [6.45, 7) is 3.72. The summed E-state index contributed by atoms with van der Waals surface area (Å²) in [6, 6.07) is 11.0. The Morgan fingerprint density at radius 3 is 2.36 bits per heavy atom. The molecule has 1 aliphatic heterocycles. The first-order valence-electron chi connectivity index (χ1n) is 8.66. The molecule has 3 rings (SSSR count). The predicted molar refractivity (Wildman–Crippen MR) is 99.1 cm³/mol. The predicted octanol–water partition coefficient (Wildman–Crippen LogP) is 4.18. The van der Waals surface area contributed by atoms with Gasteiger partial charge in [0, 0.05) is 19.2 Å². The number of anilines is 2. The van der Waals surface area contributed by atoms with Crippen LogP contribution in [0.4, 0.5) is 15.8 Å². The van der Waals surface area contributed by atoms with Crippen LogP contribution in [-0.4, -0.2) is 21.5 Å². The van der Waals surface area contributed by atoms with E-state index in [1.54, 1.807) is 30.3 Å². The van der Waals surface area contributed by atoms with Crippen LogP contribution in [0.2, 0.25) is 0 Å².